The molecule has 0 saturated carbocycles. The average Bonchev–Trinajstić information content (AvgIpc) is 3.02. The largest absolute Gasteiger partial charge is 0.496 e. The van der Waals surface area contributed by atoms with E-state index in [1.165, 1.54) is 19.4 Å². The molecule has 0 fully saturated rings. The summed E-state index contributed by atoms with van der Waals surface area (Å²) in [4.78, 5) is 25.7. The molecule has 5 rings (SSSR count). The van der Waals surface area contributed by atoms with Crippen molar-refractivity contribution in [2.75, 3.05) is 7.11 Å². The first-order valence-electron chi connectivity index (χ1n) is 8.71. The number of rotatable bonds is 2. The number of carbonyl (C=O) groups is 1. The number of Topliss-reactive ketones (excluding diaryl/α,β-unsaturated/α-hetero) is 1. The molecular weight excluding hydrogens is 356 g/mol. The monoisotopic (exact) mass is 370 g/mol. The van der Waals surface area contributed by atoms with Crippen LogP contribution in [0, 0.1) is 0 Å². The van der Waals surface area contributed by atoms with Gasteiger partial charge in [-0.25, -0.2) is 0 Å². The molecule has 0 radical (unpaired) electrons. The predicted molar refractivity (Wildman–Crippen MR) is 106 cm³/mol. The molecule has 136 valence electrons. The Morgan fingerprint density at radius 2 is 1.75 bits per heavy atom. The maximum Gasteiger partial charge on any atom is 0.231 e. The minimum atomic E-state index is -0.288. The van der Waals surface area contributed by atoms with Gasteiger partial charge in [-0.05, 0) is 41.1 Å². The molecular formula is C23H14O5. The Labute approximate surface area is 159 Å². The number of carbonyl (C=O) groups excluding carboxylic acids is 1. The van der Waals surface area contributed by atoms with Gasteiger partial charge in [-0.2, -0.15) is 0 Å². The van der Waals surface area contributed by atoms with Gasteiger partial charge in [-0.1, -0.05) is 30.3 Å². The van der Waals surface area contributed by atoms with E-state index in [0.717, 1.165) is 10.8 Å². The third kappa shape index (κ3) is 2.41. The highest BCUT2D eigenvalue weighted by Crippen LogP contribution is 2.35. The van der Waals surface area contributed by atoms with Crippen molar-refractivity contribution in [3.63, 3.8) is 0 Å². The van der Waals surface area contributed by atoms with Gasteiger partial charge < -0.3 is 13.9 Å². The Bertz CT molecular complexity index is 1360. The molecule has 2 heterocycles. The topological polar surface area (TPSA) is 65.7 Å². The molecule has 0 saturated heterocycles. The van der Waals surface area contributed by atoms with E-state index in [-0.39, 0.29) is 22.5 Å². The van der Waals surface area contributed by atoms with Crippen LogP contribution in [0.4, 0.5) is 0 Å². The SMILES string of the molecule is COc1cccc2occ(/C=C3\Oc4cc5ccccc5cc4C3=O)c(=O)c12. The predicted octanol–water partition coefficient (Wildman–Crippen LogP) is 4.57. The van der Waals surface area contributed by atoms with Crippen LogP contribution in [0.15, 0.2) is 75.8 Å². The van der Waals surface area contributed by atoms with E-state index in [0.29, 0.717) is 28.0 Å². The van der Waals surface area contributed by atoms with Crippen molar-refractivity contribution in [1.29, 1.82) is 0 Å². The number of methoxy groups -OCH3 is 1. The highest BCUT2D eigenvalue weighted by Gasteiger charge is 2.28. The first kappa shape index (κ1) is 16.3. The van der Waals surface area contributed by atoms with Crippen LogP contribution in [0.1, 0.15) is 15.9 Å². The first-order valence-corrected chi connectivity index (χ1v) is 8.71. The number of fused-ring (bicyclic) bond motifs is 3. The molecule has 5 nitrogen and oxygen atoms in total. The van der Waals surface area contributed by atoms with Gasteiger partial charge in [0.1, 0.15) is 28.7 Å². The molecule has 1 aliphatic rings. The second-order valence-electron chi connectivity index (χ2n) is 6.49. The summed E-state index contributed by atoms with van der Waals surface area (Å²) in [6, 6.07) is 16.5. The summed E-state index contributed by atoms with van der Waals surface area (Å²) in [5, 5.41) is 2.26. The molecule has 0 aliphatic carbocycles. The second kappa shape index (κ2) is 6.09. The van der Waals surface area contributed by atoms with Crippen LogP contribution in [0.25, 0.3) is 27.8 Å². The molecule has 28 heavy (non-hydrogen) atoms. The van der Waals surface area contributed by atoms with Crippen molar-refractivity contribution >= 4 is 33.6 Å². The zero-order chi connectivity index (χ0) is 19.3. The van der Waals surface area contributed by atoms with E-state index in [1.807, 2.05) is 30.3 Å². The van der Waals surface area contributed by atoms with E-state index >= 15 is 0 Å². The lowest BCUT2D eigenvalue weighted by Crippen LogP contribution is -2.08. The summed E-state index contributed by atoms with van der Waals surface area (Å²) >= 11 is 0. The fourth-order valence-corrected chi connectivity index (χ4v) is 3.44. The third-order valence-corrected chi connectivity index (χ3v) is 4.83. The van der Waals surface area contributed by atoms with E-state index in [2.05, 4.69) is 0 Å². The van der Waals surface area contributed by atoms with Crippen molar-refractivity contribution in [3.05, 3.63) is 88.0 Å². The van der Waals surface area contributed by atoms with E-state index in [4.69, 9.17) is 13.9 Å². The van der Waals surface area contributed by atoms with Crippen LogP contribution in [0.3, 0.4) is 0 Å². The number of allylic oxidation sites excluding steroid dienone is 1. The van der Waals surface area contributed by atoms with E-state index in [1.54, 1.807) is 24.3 Å². The summed E-state index contributed by atoms with van der Waals surface area (Å²) in [5.74, 6) is 0.726. The summed E-state index contributed by atoms with van der Waals surface area (Å²) in [5.41, 5.74) is 0.828. The second-order valence-corrected chi connectivity index (χ2v) is 6.49. The molecule has 0 unspecified atom stereocenters. The fraction of sp³-hybridized carbons (Fsp3) is 0.0435. The normalized spacial score (nSPS) is 14.5. The standard InChI is InChI=1S/C23H14O5/c1-26-17-7-4-8-18-21(17)22(24)15(12-27-18)11-20-23(25)16-9-13-5-2-3-6-14(13)10-19(16)28-20/h2-12H,1H3/b20-11-. The van der Waals surface area contributed by atoms with Gasteiger partial charge in [0.2, 0.25) is 11.2 Å². The molecule has 0 amide bonds. The highest BCUT2D eigenvalue weighted by atomic mass is 16.5. The molecule has 0 N–H and O–H groups in total. The smallest absolute Gasteiger partial charge is 0.231 e. The van der Waals surface area contributed by atoms with Crippen LogP contribution >= 0.6 is 0 Å². The Morgan fingerprint density at radius 1 is 0.964 bits per heavy atom. The Kier molecular flexibility index (Phi) is 3.55. The minimum Gasteiger partial charge on any atom is -0.496 e. The molecule has 3 aromatic carbocycles. The highest BCUT2D eigenvalue weighted by molar-refractivity contribution is 6.16. The zero-order valence-electron chi connectivity index (χ0n) is 14.9. The maximum atomic E-state index is 12.9. The third-order valence-electron chi connectivity index (χ3n) is 4.83. The molecule has 5 heteroatoms. The van der Waals surface area contributed by atoms with Gasteiger partial charge in [0.05, 0.1) is 18.2 Å². The molecule has 0 atom stereocenters. The molecule has 0 spiro atoms. The zero-order valence-corrected chi connectivity index (χ0v) is 14.9. The van der Waals surface area contributed by atoms with Crippen LogP contribution in [0.2, 0.25) is 0 Å². The van der Waals surface area contributed by atoms with Crippen molar-refractivity contribution in [2.45, 2.75) is 0 Å². The lowest BCUT2D eigenvalue weighted by Gasteiger charge is -2.04. The lowest BCUT2D eigenvalue weighted by atomic mass is 10.0. The van der Waals surface area contributed by atoms with Gasteiger partial charge in [-0.3, -0.25) is 9.59 Å². The van der Waals surface area contributed by atoms with Crippen molar-refractivity contribution < 1.29 is 18.7 Å². The average molecular weight is 370 g/mol. The Morgan fingerprint density at radius 3 is 2.54 bits per heavy atom. The number of ketones is 1. The van der Waals surface area contributed by atoms with Crippen LogP contribution in [0.5, 0.6) is 11.5 Å². The number of ether oxygens (including phenoxy) is 2. The molecule has 0 bridgehead atoms. The van der Waals surface area contributed by atoms with E-state index in [9.17, 15) is 9.59 Å². The maximum absolute atomic E-state index is 12.9. The van der Waals surface area contributed by atoms with Crippen LogP contribution in [-0.4, -0.2) is 12.9 Å². The number of benzene rings is 3. The number of hydrogen-bond donors (Lipinski definition) is 0. The first-order chi connectivity index (χ1) is 13.7. The van der Waals surface area contributed by atoms with Gasteiger partial charge in [0, 0.05) is 0 Å². The lowest BCUT2D eigenvalue weighted by molar-refractivity contribution is 0.101. The summed E-state index contributed by atoms with van der Waals surface area (Å²) in [7, 11) is 1.49. The van der Waals surface area contributed by atoms with Gasteiger partial charge in [0.25, 0.3) is 0 Å². The molecule has 1 aliphatic heterocycles. The van der Waals surface area contributed by atoms with Gasteiger partial charge in [0.15, 0.2) is 5.76 Å². The van der Waals surface area contributed by atoms with Crippen molar-refractivity contribution in [3.8, 4) is 11.5 Å². The van der Waals surface area contributed by atoms with E-state index < -0.39 is 0 Å². The van der Waals surface area contributed by atoms with Gasteiger partial charge in [-0.15, -0.1) is 0 Å². The molecule has 4 aromatic rings. The van der Waals surface area contributed by atoms with Crippen LogP contribution in [-0.2, 0) is 0 Å². The Hall–Kier alpha value is -3.86. The summed E-state index contributed by atoms with van der Waals surface area (Å²) in [6.45, 7) is 0. The van der Waals surface area contributed by atoms with Crippen molar-refractivity contribution in [2.24, 2.45) is 0 Å². The minimum absolute atomic E-state index is 0.0897. The van der Waals surface area contributed by atoms with Gasteiger partial charge >= 0.3 is 0 Å². The molecule has 1 aromatic heterocycles. The number of hydrogen-bond acceptors (Lipinski definition) is 5. The fourth-order valence-electron chi connectivity index (χ4n) is 3.44. The van der Waals surface area contributed by atoms with Crippen LogP contribution < -0.4 is 14.9 Å². The Balaban J connectivity index is 1.64. The summed E-state index contributed by atoms with van der Waals surface area (Å²) < 4.78 is 16.6. The summed E-state index contributed by atoms with van der Waals surface area (Å²) in [6.07, 6.45) is 2.75. The quantitative estimate of drug-likeness (QED) is 0.484. The van der Waals surface area contributed by atoms with Crippen molar-refractivity contribution in [1.82, 2.24) is 0 Å².